The number of hydrogen-bond acceptors (Lipinski definition) is 3. The second-order valence-electron chi connectivity index (χ2n) is 5.04. The average Bonchev–Trinajstić information content (AvgIpc) is 2.38. The Bertz CT molecular complexity index is 315. The Morgan fingerprint density at radius 2 is 1.94 bits per heavy atom. The van der Waals surface area contributed by atoms with Gasteiger partial charge in [-0.1, -0.05) is 6.07 Å². The molecule has 0 aromatic carbocycles. The van der Waals surface area contributed by atoms with E-state index in [0.717, 1.165) is 13.0 Å². The van der Waals surface area contributed by atoms with Gasteiger partial charge in [0.05, 0.1) is 0 Å². The second-order valence-corrected chi connectivity index (χ2v) is 5.04. The standard InChI is InChI=1S/C14H23N3/c1-13(2)17-11-9-16(10-12-17)8-6-14-5-3-4-7-15-14/h3-5,7,13H,6,8-12H2,1-2H3. The monoisotopic (exact) mass is 233 g/mol. The zero-order valence-electron chi connectivity index (χ0n) is 11.0. The SMILES string of the molecule is CC(C)N1CCN(CCc2ccccn2)CC1. The largest absolute Gasteiger partial charge is 0.300 e. The Balaban J connectivity index is 1.72. The van der Waals surface area contributed by atoms with E-state index in [1.54, 1.807) is 0 Å². The summed E-state index contributed by atoms with van der Waals surface area (Å²) in [7, 11) is 0. The first-order chi connectivity index (χ1) is 8.25. The van der Waals surface area contributed by atoms with E-state index >= 15 is 0 Å². The average molecular weight is 233 g/mol. The van der Waals surface area contributed by atoms with Crippen LogP contribution in [0.3, 0.4) is 0 Å². The van der Waals surface area contributed by atoms with E-state index in [2.05, 4.69) is 40.8 Å². The van der Waals surface area contributed by atoms with Gasteiger partial charge in [-0.3, -0.25) is 9.88 Å². The molecule has 1 aliphatic heterocycles. The normalized spacial score (nSPS) is 18.8. The van der Waals surface area contributed by atoms with Crippen LogP contribution in [0.25, 0.3) is 0 Å². The van der Waals surface area contributed by atoms with Gasteiger partial charge in [-0.15, -0.1) is 0 Å². The molecule has 0 amide bonds. The van der Waals surface area contributed by atoms with Gasteiger partial charge in [0.25, 0.3) is 0 Å². The third-order valence-corrected chi connectivity index (χ3v) is 3.55. The van der Waals surface area contributed by atoms with E-state index in [0.29, 0.717) is 6.04 Å². The molecule has 0 saturated carbocycles. The smallest absolute Gasteiger partial charge is 0.0416 e. The molecule has 0 aliphatic carbocycles. The first kappa shape index (κ1) is 12.5. The third-order valence-electron chi connectivity index (χ3n) is 3.55. The lowest BCUT2D eigenvalue weighted by Crippen LogP contribution is -2.49. The summed E-state index contributed by atoms with van der Waals surface area (Å²) < 4.78 is 0. The molecule has 1 aromatic heterocycles. The van der Waals surface area contributed by atoms with Crippen molar-refractivity contribution in [2.45, 2.75) is 26.3 Å². The highest BCUT2D eigenvalue weighted by Crippen LogP contribution is 2.06. The second kappa shape index (κ2) is 6.12. The van der Waals surface area contributed by atoms with Gasteiger partial charge >= 0.3 is 0 Å². The molecular weight excluding hydrogens is 210 g/mol. The van der Waals surface area contributed by atoms with Gasteiger partial charge < -0.3 is 4.90 Å². The molecule has 0 atom stereocenters. The van der Waals surface area contributed by atoms with E-state index in [9.17, 15) is 0 Å². The van der Waals surface area contributed by atoms with Crippen LogP contribution in [0.2, 0.25) is 0 Å². The number of rotatable bonds is 4. The van der Waals surface area contributed by atoms with E-state index in [1.165, 1.54) is 31.9 Å². The lowest BCUT2D eigenvalue weighted by molar-refractivity contribution is 0.109. The number of hydrogen-bond donors (Lipinski definition) is 0. The predicted octanol–water partition coefficient (Wildman–Crippen LogP) is 1.65. The number of nitrogens with zero attached hydrogens (tertiary/aromatic N) is 3. The Labute approximate surface area is 104 Å². The lowest BCUT2D eigenvalue weighted by atomic mass is 10.2. The van der Waals surface area contributed by atoms with Crippen LogP contribution >= 0.6 is 0 Å². The Morgan fingerprint density at radius 1 is 1.18 bits per heavy atom. The molecule has 1 fully saturated rings. The highest BCUT2D eigenvalue weighted by atomic mass is 15.3. The van der Waals surface area contributed by atoms with Crippen LogP contribution in [0, 0.1) is 0 Å². The molecule has 1 saturated heterocycles. The quantitative estimate of drug-likeness (QED) is 0.788. The first-order valence-electron chi connectivity index (χ1n) is 6.62. The molecule has 0 unspecified atom stereocenters. The number of pyridine rings is 1. The molecule has 17 heavy (non-hydrogen) atoms. The summed E-state index contributed by atoms with van der Waals surface area (Å²) in [5.74, 6) is 0. The van der Waals surface area contributed by atoms with Gasteiger partial charge in [-0.25, -0.2) is 0 Å². The zero-order chi connectivity index (χ0) is 12.1. The molecule has 0 radical (unpaired) electrons. The van der Waals surface area contributed by atoms with E-state index in [1.807, 2.05) is 12.3 Å². The maximum absolute atomic E-state index is 4.37. The summed E-state index contributed by atoms with van der Waals surface area (Å²) in [6.45, 7) is 10.5. The van der Waals surface area contributed by atoms with Crippen molar-refractivity contribution in [1.29, 1.82) is 0 Å². The molecular formula is C14H23N3. The fourth-order valence-electron chi connectivity index (χ4n) is 2.32. The molecule has 1 aliphatic rings. The van der Waals surface area contributed by atoms with Gasteiger partial charge in [0.1, 0.15) is 0 Å². The van der Waals surface area contributed by atoms with Crippen LogP contribution in [0.4, 0.5) is 0 Å². The molecule has 0 N–H and O–H groups in total. The maximum atomic E-state index is 4.37. The lowest BCUT2D eigenvalue weighted by Gasteiger charge is -2.36. The number of aromatic nitrogens is 1. The highest BCUT2D eigenvalue weighted by Gasteiger charge is 2.18. The van der Waals surface area contributed by atoms with Gasteiger partial charge in [0, 0.05) is 57.1 Å². The minimum atomic E-state index is 0.688. The molecule has 3 heteroatoms. The van der Waals surface area contributed by atoms with Crippen molar-refractivity contribution < 1.29 is 0 Å². The van der Waals surface area contributed by atoms with Crippen LogP contribution in [-0.4, -0.2) is 53.5 Å². The van der Waals surface area contributed by atoms with Crippen molar-refractivity contribution >= 4 is 0 Å². The summed E-state index contributed by atoms with van der Waals surface area (Å²) in [5.41, 5.74) is 1.21. The Hall–Kier alpha value is -0.930. The van der Waals surface area contributed by atoms with Gasteiger partial charge in [0.15, 0.2) is 0 Å². The summed E-state index contributed by atoms with van der Waals surface area (Å²) in [5, 5.41) is 0. The Morgan fingerprint density at radius 3 is 2.53 bits per heavy atom. The first-order valence-corrected chi connectivity index (χ1v) is 6.62. The zero-order valence-corrected chi connectivity index (χ0v) is 11.0. The molecule has 1 aromatic rings. The topological polar surface area (TPSA) is 19.4 Å². The predicted molar refractivity (Wildman–Crippen MR) is 71.1 cm³/mol. The van der Waals surface area contributed by atoms with Crippen LogP contribution in [0.15, 0.2) is 24.4 Å². The van der Waals surface area contributed by atoms with Crippen molar-refractivity contribution in [3.8, 4) is 0 Å². The van der Waals surface area contributed by atoms with Crippen molar-refractivity contribution in [2.75, 3.05) is 32.7 Å². The summed E-state index contributed by atoms with van der Waals surface area (Å²) >= 11 is 0. The van der Waals surface area contributed by atoms with Gasteiger partial charge in [-0.2, -0.15) is 0 Å². The molecule has 0 spiro atoms. The van der Waals surface area contributed by atoms with Crippen LogP contribution < -0.4 is 0 Å². The fourth-order valence-corrected chi connectivity index (χ4v) is 2.32. The van der Waals surface area contributed by atoms with E-state index in [4.69, 9.17) is 0 Å². The Kier molecular flexibility index (Phi) is 4.51. The molecule has 0 bridgehead atoms. The summed E-state index contributed by atoms with van der Waals surface area (Å²) in [6, 6.07) is 6.85. The molecule has 94 valence electrons. The minimum absolute atomic E-state index is 0.688. The fraction of sp³-hybridized carbons (Fsp3) is 0.643. The summed E-state index contributed by atoms with van der Waals surface area (Å²) in [6.07, 6.45) is 2.95. The van der Waals surface area contributed by atoms with E-state index in [-0.39, 0.29) is 0 Å². The van der Waals surface area contributed by atoms with Crippen molar-refractivity contribution in [3.63, 3.8) is 0 Å². The highest BCUT2D eigenvalue weighted by molar-refractivity contribution is 5.03. The van der Waals surface area contributed by atoms with Crippen LogP contribution in [0.1, 0.15) is 19.5 Å². The third kappa shape index (κ3) is 3.79. The van der Waals surface area contributed by atoms with Crippen LogP contribution in [0.5, 0.6) is 0 Å². The molecule has 2 rings (SSSR count). The van der Waals surface area contributed by atoms with Crippen molar-refractivity contribution in [1.82, 2.24) is 14.8 Å². The molecule has 2 heterocycles. The maximum Gasteiger partial charge on any atom is 0.0416 e. The van der Waals surface area contributed by atoms with Crippen LogP contribution in [-0.2, 0) is 6.42 Å². The van der Waals surface area contributed by atoms with Crippen molar-refractivity contribution in [3.05, 3.63) is 30.1 Å². The van der Waals surface area contributed by atoms with Gasteiger partial charge in [-0.05, 0) is 26.0 Å². The van der Waals surface area contributed by atoms with Gasteiger partial charge in [0.2, 0.25) is 0 Å². The molecule has 3 nitrogen and oxygen atoms in total. The summed E-state index contributed by atoms with van der Waals surface area (Å²) in [4.78, 5) is 9.47. The van der Waals surface area contributed by atoms with E-state index < -0.39 is 0 Å². The minimum Gasteiger partial charge on any atom is -0.300 e. The number of piperazine rings is 1. The van der Waals surface area contributed by atoms with Crippen molar-refractivity contribution in [2.24, 2.45) is 0 Å².